The summed E-state index contributed by atoms with van der Waals surface area (Å²) in [6.45, 7) is 0.666. The summed E-state index contributed by atoms with van der Waals surface area (Å²) >= 11 is 0. The lowest BCUT2D eigenvalue weighted by atomic mass is 10.2. The van der Waals surface area contributed by atoms with Gasteiger partial charge in [0.1, 0.15) is 24.3 Å². The minimum atomic E-state index is -4.78. The predicted molar refractivity (Wildman–Crippen MR) is 105 cm³/mol. The molecule has 170 valence electrons. The van der Waals surface area contributed by atoms with E-state index in [1.54, 1.807) is 4.90 Å². The number of β-amino-alcohol motifs (C(OH)–C–C–N with tert-alkyl or cyclic N) is 1. The van der Waals surface area contributed by atoms with E-state index in [1.807, 2.05) is 0 Å². The van der Waals surface area contributed by atoms with Crippen LogP contribution in [0.3, 0.4) is 0 Å². The number of hydrogen-bond donors (Lipinski definition) is 1. The van der Waals surface area contributed by atoms with Gasteiger partial charge in [-0.15, -0.1) is 0 Å². The number of nitrogens with zero attached hydrogens (tertiary/aromatic N) is 2. The highest BCUT2D eigenvalue weighted by atomic mass is 32.2. The Bertz CT molecular complexity index is 975. The average molecular weight is 462 g/mol. The lowest BCUT2D eigenvalue weighted by Gasteiger charge is -2.35. The van der Waals surface area contributed by atoms with E-state index in [1.165, 1.54) is 30.3 Å². The minimum Gasteiger partial charge on any atom is -0.491 e. The zero-order chi connectivity index (χ0) is 22.6. The number of piperazine rings is 1. The fourth-order valence-electron chi connectivity index (χ4n) is 3.29. The van der Waals surface area contributed by atoms with Crippen molar-refractivity contribution in [3.05, 3.63) is 59.9 Å². The van der Waals surface area contributed by atoms with Crippen molar-refractivity contribution in [1.82, 2.24) is 9.21 Å². The Hall–Kier alpha value is -2.21. The average Bonchev–Trinajstić information content (AvgIpc) is 2.73. The highest BCUT2D eigenvalue weighted by molar-refractivity contribution is 7.89. The van der Waals surface area contributed by atoms with Gasteiger partial charge in [-0.3, -0.25) is 4.90 Å². The molecule has 6 nitrogen and oxygen atoms in total. The number of aliphatic hydroxyl groups is 1. The molecule has 1 N–H and O–H groups in total. The highest BCUT2D eigenvalue weighted by Gasteiger charge is 2.39. The van der Waals surface area contributed by atoms with E-state index in [0.29, 0.717) is 5.75 Å². The summed E-state index contributed by atoms with van der Waals surface area (Å²) in [6.07, 6.45) is -5.65. The van der Waals surface area contributed by atoms with Gasteiger partial charge >= 0.3 is 6.18 Å². The second-order valence-corrected chi connectivity index (χ2v) is 9.02. The molecule has 0 aliphatic carbocycles. The first-order chi connectivity index (χ1) is 14.6. The Labute approximate surface area is 177 Å². The summed E-state index contributed by atoms with van der Waals surface area (Å²) in [5.74, 6) is -0.00160. The van der Waals surface area contributed by atoms with E-state index in [-0.39, 0.29) is 39.3 Å². The van der Waals surface area contributed by atoms with Gasteiger partial charge in [-0.1, -0.05) is 12.1 Å². The normalized spacial score (nSPS) is 17.5. The summed E-state index contributed by atoms with van der Waals surface area (Å²) in [6, 6.07) is 9.46. The molecule has 0 aromatic heterocycles. The van der Waals surface area contributed by atoms with Crippen LogP contribution in [0, 0.1) is 5.82 Å². The van der Waals surface area contributed by atoms with Gasteiger partial charge in [-0.2, -0.15) is 17.5 Å². The molecule has 1 atom stereocenters. The molecule has 1 fully saturated rings. The smallest absolute Gasteiger partial charge is 0.417 e. The summed E-state index contributed by atoms with van der Waals surface area (Å²) in [7, 11) is -4.31. The molecule has 1 aliphatic heterocycles. The molecule has 0 radical (unpaired) electrons. The van der Waals surface area contributed by atoms with Crippen LogP contribution in [0.1, 0.15) is 5.56 Å². The summed E-state index contributed by atoms with van der Waals surface area (Å²) < 4.78 is 84.5. The Balaban J connectivity index is 1.55. The highest BCUT2D eigenvalue weighted by Crippen LogP contribution is 2.35. The van der Waals surface area contributed by atoms with Gasteiger partial charge in [0.2, 0.25) is 10.0 Å². The van der Waals surface area contributed by atoms with Crippen molar-refractivity contribution >= 4 is 10.0 Å². The first kappa shape index (κ1) is 23.5. The summed E-state index contributed by atoms with van der Waals surface area (Å²) in [5, 5.41) is 10.1. The van der Waals surface area contributed by atoms with E-state index in [4.69, 9.17) is 4.74 Å². The van der Waals surface area contributed by atoms with E-state index in [0.717, 1.165) is 22.5 Å². The third-order valence-corrected chi connectivity index (χ3v) is 6.82. The molecule has 0 unspecified atom stereocenters. The van der Waals surface area contributed by atoms with Crippen LogP contribution < -0.4 is 4.74 Å². The standard InChI is InChI=1S/C20H22F4N2O4S/c21-15-5-7-17(8-6-15)30-14-16(27)13-25-9-11-26(12-10-25)31(28,29)19-4-2-1-3-18(19)20(22,23)24/h1-8,16,27H,9-14H2/t16-/m1/s1. The van der Waals surface area contributed by atoms with Crippen molar-refractivity contribution in [2.75, 3.05) is 39.3 Å². The number of alkyl halides is 3. The maximum atomic E-state index is 13.2. The molecule has 3 rings (SSSR count). The topological polar surface area (TPSA) is 70.1 Å². The van der Waals surface area contributed by atoms with E-state index in [2.05, 4.69) is 0 Å². The van der Waals surface area contributed by atoms with Crippen molar-refractivity contribution in [3.8, 4) is 5.75 Å². The van der Waals surface area contributed by atoms with Gasteiger partial charge in [0.05, 0.1) is 10.5 Å². The molecule has 2 aromatic rings. The fraction of sp³-hybridized carbons (Fsp3) is 0.400. The van der Waals surface area contributed by atoms with Crippen molar-refractivity contribution < 1.29 is 35.8 Å². The monoisotopic (exact) mass is 462 g/mol. The maximum Gasteiger partial charge on any atom is 0.417 e. The minimum absolute atomic E-state index is 0.0000635. The molecule has 31 heavy (non-hydrogen) atoms. The largest absolute Gasteiger partial charge is 0.491 e. The molecule has 0 spiro atoms. The first-order valence-corrected chi connectivity index (χ1v) is 11.0. The van der Waals surface area contributed by atoms with Crippen LogP contribution in [0.25, 0.3) is 0 Å². The molecular weight excluding hydrogens is 440 g/mol. The third-order valence-electron chi connectivity index (χ3n) is 4.87. The van der Waals surface area contributed by atoms with Crippen molar-refractivity contribution in [2.24, 2.45) is 0 Å². The lowest BCUT2D eigenvalue weighted by molar-refractivity contribution is -0.139. The van der Waals surface area contributed by atoms with E-state index < -0.39 is 38.6 Å². The third kappa shape index (κ3) is 5.94. The van der Waals surface area contributed by atoms with Gasteiger partial charge in [0, 0.05) is 32.7 Å². The molecule has 0 saturated carbocycles. The number of halogens is 4. The molecule has 1 aliphatic rings. The van der Waals surface area contributed by atoms with E-state index >= 15 is 0 Å². The van der Waals surface area contributed by atoms with Gasteiger partial charge in [-0.05, 0) is 36.4 Å². The van der Waals surface area contributed by atoms with Gasteiger partial charge in [-0.25, -0.2) is 12.8 Å². The number of aliphatic hydroxyl groups excluding tert-OH is 1. The number of sulfonamides is 1. The van der Waals surface area contributed by atoms with Gasteiger partial charge in [0.15, 0.2) is 0 Å². The van der Waals surface area contributed by atoms with Crippen LogP contribution in [-0.2, 0) is 16.2 Å². The van der Waals surface area contributed by atoms with Crippen LogP contribution in [0.4, 0.5) is 17.6 Å². The number of hydrogen-bond acceptors (Lipinski definition) is 5. The second kappa shape index (κ2) is 9.51. The molecular formula is C20H22F4N2O4S. The quantitative estimate of drug-likeness (QED) is 0.641. The Morgan fingerprint density at radius 3 is 2.23 bits per heavy atom. The van der Waals surface area contributed by atoms with Gasteiger partial charge in [0.25, 0.3) is 0 Å². The molecule has 0 bridgehead atoms. The van der Waals surface area contributed by atoms with Crippen molar-refractivity contribution in [3.63, 3.8) is 0 Å². The van der Waals surface area contributed by atoms with Crippen LogP contribution in [0.2, 0.25) is 0 Å². The maximum absolute atomic E-state index is 13.2. The number of rotatable bonds is 7. The zero-order valence-corrected chi connectivity index (χ0v) is 17.2. The Morgan fingerprint density at radius 1 is 1.00 bits per heavy atom. The van der Waals surface area contributed by atoms with Crippen LogP contribution in [0.5, 0.6) is 5.75 Å². The fourth-order valence-corrected chi connectivity index (χ4v) is 4.93. The second-order valence-electron chi connectivity index (χ2n) is 7.12. The Kier molecular flexibility index (Phi) is 7.20. The first-order valence-electron chi connectivity index (χ1n) is 9.52. The van der Waals surface area contributed by atoms with Crippen LogP contribution in [-0.4, -0.2) is 68.2 Å². The molecule has 11 heteroatoms. The summed E-state index contributed by atoms with van der Waals surface area (Å²) in [4.78, 5) is 1.05. The van der Waals surface area contributed by atoms with Crippen molar-refractivity contribution in [1.29, 1.82) is 0 Å². The van der Waals surface area contributed by atoms with Gasteiger partial charge < -0.3 is 9.84 Å². The lowest BCUT2D eigenvalue weighted by Crippen LogP contribution is -2.51. The molecule has 2 aromatic carbocycles. The molecule has 1 heterocycles. The number of benzene rings is 2. The summed E-state index contributed by atoms with van der Waals surface area (Å²) in [5.41, 5.74) is -1.19. The van der Waals surface area contributed by atoms with E-state index in [9.17, 15) is 31.1 Å². The SMILES string of the molecule is O=S(=O)(c1ccccc1C(F)(F)F)N1CCN(C[C@@H](O)COc2ccc(F)cc2)CC1. The van der Waals surface area contributed by atoms with Crippen LogP contribution >= 0.6 is 0 Å². The zero-order valence-electron chi connectivity index (χ0n) is 16.4. The predicted octanol–water partition coefficient (Wildman–Crippen LogP) is 2.59. The Morgan fingerprint density at radius 2 is 1.61 bits per heavy atom. The van der Waals surface area contributed by atoms with Crippen LogP contribution in [0.15, 0.2) is 53.4 Å². The molecule has 0 amide bonds. The molecule has 1 saturated heterocycles. The number of ether oxygens (including phenoxy) is 1. The van der Waals surface area contributed by atoms with Crippen molar-refractivity contribution in [2.45, 2.75) is 17.2 Å².